The number of fused-ring (bicyclic) bond motifs is 1. The predicted octanol–water partition coefficient (Wildman–Crippen LogP) is 5.37. The largest absolute Gasteiger partial charge is 0.455 e. The van der Waals surface area contributed by atoms with E-state index in [0.29, 0.717) is 0 Å². The van der Waals surface area contributed by atoms with Crippen LogP contribution < -0.4 is 5.32 Å². The summed E-state index contributed by atoms with van der Waals surface area (Å²) in [5, 5.41) is 3.83. The quantitative estimate of drug-likeness (QED) is 0.561. The summed E-state index contributed by atoms with van der Waals surface area (Å²) in [6, 6.07) is 13.9. The summed E-state index contributed by atoms with van der Waals surface area (Å²) in [4.78, 5) is 29.9. The van der Waals surface area contributed by atoms with Crippen LogP contribution in [0.15, 0.2) is 42.5 Å². The summed E-state index contributed by atoms with van der Waals surface area (Å²) in [5.74, 6) is -0.795. The number of benzene rings is 2. The molecule has 4 rings (SSSR count). The van der Waals surface area contributed by atoms with Gasteiger partial charge >= 0.3 is 5.97 Å². The molecule has 156 valence electrons. The van der Waals surface area contributed by atoms with Gasteiger partial charge in [0.1, 0.15) is 0 Å². The number of anilines is 1. The number of hydrogen-bond acceptors (Lipinski definition) is 5. The molecule has 0 radical (unpaired) electrons. The summed E-state index contributed by atoms with van der Waals surface area (Å²) in [6.45, 7) is 3.68. The van der Waals surface area contributed by atoms with Crippen molar-refractivity contribution >= 4 is 39.1 Å². The van der Waals surface area contributed by atoms with Crippen molar-refractivity contribution in [1.29, 1.82) is 0 Å². The van der Waals surface area contributed by atoms with Crippen molar-refractivity contribution in [3.05, 3.63) is 58.6 Å². The van der Waals surface area contributed by atoms with Crippen LogP contribution in [0.3, 0.4) is 0 Å². The van der Waals surface area contributed by atoms with Gasteiger partial charge in [0.05, 0.1) is 21.1 Å². The second-order valence-electron chi connectivity index (χ2n) is 7.99. The number of amides is 1. The fourth-order valence-electron chi connectivity index (χ4n) is 4.14. The lowest BCUT2D eigenvalue weighted by Crippen LogP contribution is -2.30. The molecule has 0 saturated heterocycles. The molecule has 3 aromatic rings. The molecule has 1 saturated carbocycles. The van der Waals surface area contributed by atoms with Crippen molar-refractivity contribution in [2.24, 2.45) is 5.92 Å². The molecule has 0 unspecified atom stereocenters. The van der Waals surface area contributed by atoms with Gasteiger partial charge in [-0.05, 0) is 50.5 Å². The van der Waals surface area contributed by atoms with E-state index in [1.807, 2.05) is 50.2 Å². The molecule has 1 aliphatic carbocycles. The van der Waals surface area contributed by atoms with Crippen LogP contribution in [0.4, 0.5) is 5.69 Å². The molecular formula is C24H26N2O3S. The number of nitrogens with one attached hydrogen (secondary N) is 1. The van der Waals surface area contributed by atoms with Crippen LogP contribution in [0.2, 0.25) is 0 Å². The second-order valence-corrected chi connectivity index (χ2v) is 9.05. The lowest BCUT2D eigenvalue weighted by Gasteiger charge is -2.28. The van der Waals surface area contributed by atoms with Crippen LogP contribution in [-0.2, 0) is 14.3 Å². The molecule has 0 spiro atoms. The minimum absolute atomic E-state index is 0.0612. The van der Waals surface area contributed by atoms with E-state index in [-0.39, 0.29) is 30.3 Å². The molecule has 1 heterocycles. The highest BCUT2D eigenvalue weighted by atomic mass is 32.1. The van der Waals surface area contributed by atoms with Crippen LogP contribution in [0.1, 0.15) is 47.7 Å². The van der Waals surface area contributed by atoms with E-state index in [0.717, 1.165) is 57.7 Å². The van der Waals surface area contributed by atoms with Gasteiger partial charge in [-0.15, -0.1) is 11.3 Å². The minimum atomic E-state index is -0.317. The molecule has 0 bridgehead atoms. The first kappa shape index (κ1) is 20.5. The summed E-state index contributed by atoms with van der Waals surface area (Å²) < 4.78 is 6.57. The van der Waals surface area contributed by atoms with Gasteiger partial charge in [-0.25, -0.2) is 4.98 Å². The average Bonchev–Trinajstić information content (AvgIpc) is 3.18. The van der Waals surface area contributed by atoms with Gasteiger partial charge in [0.25, 0.3) is 5.91 Å². The summed E-state index contributed by atoms with van der Waals surface area (Å²) in [7, 11) is 0. The van der Waals surface area contributed by atoms with Crippen LogP contribution in [-0.4, -0.2) is 23.5 Å². The number of aryl methyl sites for hydroxylation is 2. The SMILES string of the molecule is Cc1ccc(NC(=O)COC(=O)[C@@H]2CCCC[C@H]2c2nc3ccccc3s2)c(C)c1. The van der Waals surface area contributed by atoms with E-state index in [2.05, 4.69) is 11.4 Å². The molecule has 2 atom stereocenters. The van der Waals surface area contributed by atoms with E-state index in [9.17, 15) is 9.59 Å². The molecule has 1 amide bonds. The number of esters is 1. The molecule has 0 aliphatic heterocycles. The molecule has 30 heavy (non-hydrogen) atoms. The van der Waals surface area contributed by atoms with Gasteiger partial charge in [-0.3, -0.25) is 9.59 Å². The third kappa shape index (κ3) is 4.54. The third-order valence-corrected chi connectivity index (χ3v) is 6.87. The second kappa shape index (κ2) is 8.96. The summed E-state index contributed by atoms with van der Waals surface area (Å²) in [5.41, 5.74) is 3.84. The molecule has 1 fully saturated rings. The number of hydrogen-bond donors (Lipinski definition) is 1. The average molecular weight is 423 g/mol. The highest BCUT2D eigenvalue weighted by Gasteiger charge is 2.35. The van der Waals surface area contributed by atoms with Crippen molar-refractivity contribution in [3.63, 3.8) is 0 Å². The normalized spacial score (nSPS) is 18.9. The van der Waals surface area contributed by atoms with Crippen LogP contribution in [0, 0.1) is 19.8 Å². The Morgan fingerprint density at radius 1 is 1.13 bits per heavy atom. The standard InChI is InChI=1S/C24H26N2O3S/c1-15-11-12-19(16(2)13-15)25-22(27)14-29-24(28)18-8-4-3-7-17(18)23-26-20-9-5-6-10-21(20)30-23/h5-6,9-13,17-18H,3-4,7-8,14H2,1-2H3,(H,25,27)/t17-,18-/m1/s1. The van der Waals surface area contributed by atoms with E-state index in [1.54, 1.807) is 11.3 Å². The number of aromatic nitrogens is 1. The van der Waals surface area contributed by atoms with Crippen molar-refractivity contribution < 1.29 is 14.3 Å². The molecule has 1 aromatic heterocycles. The number of rotatable bonds is 5. The van der Waals surface area contributed by atoms with Crippen molar-refractivity contribution in [3.8, 4) is 0 Å². The van der Waals surface area contributed by atoms with Crippen molar-refractivity contribution in [1.82, 2.24) is 4.98 Å². The van der Waals surface area contributed by atoms with Crippen LogP contribution in [0.25, 0.3) is 10.2 Å². The van der Waals surface area contributed by atoms with Gasteiger partial charge in [0, 0.05) is 11.6 Å². The molecule has 2 aromatic carbocycles. The van der Waals surface area contributed by atoms with Gasteiger partial charge < -0.3 is 10.1 Å². The molecule has 1 aliphatic rings. The number of carbonyl (C=O) groups is 2. The van der Waals surface area contributed by atoms with E-state index >= 15 is 0 Å². The van der Waals surface area contributed by atoms with Crippen LogP contribution in [0.5, 0.6) is 0 Å². The smallest absolute Gasteiger partial charge is 0.310 e. The lowest BCUT2D eigenvalue weighted by atomic mass is 9.79. The molecule has 5 nitrogen and oxygen atoms in total. The van der Waals surface area contributed by atoms with E-state index in [4.69, 9.17) is 9.72 Å². The Bertz CT molecular complexity index is 1040. The fourth-order valence-corrected chi connectivity index (χ4v) is 5.31. The maximum atomic E-state index is 12.8. The minimum Gasteiger partial charge on any atom is -0.455 e. The number of carbonyl (C=O) groups excluding carboxylic acids is 2. The molecular weight excluding hydrogens is 396 g/mol. The zero-order valence-electron chi connectivity index (χ0n) is 17.3. The van der Waals surface area contributed by atoms with Crippen LogP contribution >= 0.6 is 11.3 Å². The van der Waals surface area contributed by atoms with Crippen molar-refractivity contribution in [2.75, 3.05) is 11.9 Å². The van der Waals surface area contributed by atoms with Gasteiger partial charge in [0.2, 0.25) is 0 Å². The highest BCUT2D eigenvalue weighted by molar-refractivity contribution is 7.18. The zero-order chi connectivity index (χ0) is 21.1. The first-order valence-electron chi connectivity index (χ1n) is 10.4. The third-order valence-electron chi connectivity index (χ3n) is 5.70. The number of para-hydroxylation sites is 1. The number of thiazole rings is 1. The van der Waals surface area contributed by atoms with Crippen molar-refractivity contribution in [2.45, 2.75) is 45.4 Å². The summed E-state index contributed by atoms with van der Waals surface area (Å²) >= 11 is 1.66. The topological polar surface area (TPSA) is 68.3 Å². The fraction of sp³-hybridized carbons (Fsp3) is 0.375. The van der Waals surface area contributed by atoms with Gasteiger partial charge in [-0.2, -0.15) is 0 Å². The number of nitrogens with zero attached hydrogens (tertiary/aromatic N) is 1. The lowest BCUT2D eigenvalue weighted by molar-refractivity contribution is -0.153. The first-order valence-corrected chi connectivity index (χ1v) is 11.2. The molecule has 1 N–H and O–H groups in total. The van der Waals surface area contributed by atoms with E-state index < -0.39 is 0 Å². The maximum absolute atomic E-state index is 12.8. The predicted molar refractivity (Wildman–Crippen MR) is 120 cm³/mol. The first-order chi connectivity index (χ1) is 14.5. The highest BCUT2D eigenvalue weighted by Crippen LogP contribution is 2.41. The zero-order valence-corrected chi connectivity index (χ0v) is 18.1. The van der Waals surface area contributed by atoms with E-state index in [1.165, 1.54) is 0 Å². The summed E-state index contributed by atoms with van der Waals surface area (Å²) in [6.07, 6.45) is 3.78. The Labute approximate surface area is 180 Å². The van der Waals surface area contributed by atoms with Gasteiger partial charge in [-0.1, -0.05) is 42.7 Å². The monoisotopic (exact) mass is 422 g/mol. The Morgan fingerprint density at radius 2 is 1.93 bits per heavy atom. The maximum Gasteiger partial charge on any atom is 0.310 e. The number of ether oxygens (including phenoxy) is 1. The van der Waals surface area contributed by atoms with Gasteiger partial charge in [0.15, 0.2) is 6.61 Å². The Balaban J connectivity index is 1.40. The Hall–Kier alpha value is -2.73. The Morgan fingerprint density at radius 3 is 2.73 bits per heavy atom. The molecule has 6 heteroatoms. The Kier molecular flexibility index (Phi) is 6.13.